The molecule has 0 fully saturated rings. The largest absolute Gasteiger partial charge is 0.244 e. The lowest BCUT2D eigenvalue weighted by Crippen LogP contribution is -1.91. The topological polar surface area (TPSA) is 38.7 Å². The molecule has 0 atom stereocenters. The number of pyridine rings is 1. The summed E-state index contributed by atoms with van der Waals surface area (Å²) in [5, 5.41) is 1.79. The van der Waals surface area contributed by atoms with Gasteiger partial charge in [-0.3, -0.25) is 0 Å². The summed E-state index contributed by atoms with van der Waals surface area (Å²) >= 11 is 19.0. The van der Waals surface area contributed by atoms with Crippen LogP contribution in [0.4, 0.5) is 0 Å². The SMILES string of the molecule is Cc1nc(Cl)cnc1Sc1ccnc(Cl)c1Cl. The van der Waals surface area contributed by atoms with Gasteiger partial charge in [0, 0.05) is 11.1 Å². The van der Waals surface area contributed by atoms with E-state index in [1.165, 1.54) is 18.0 Å². The van der Waals surface area contributed by atoms with Gasteiger partial charge in [0.1, 0.15) is 15.3 Å². The molecular formula is C10H6Cl3N3S. The molecule has 2 aromatic rings. The third-order valence-electron chi connectivity index (χ3n) is 1.89. The first-order valence-corrected chi connectivity index (χ1v) is 6.50. The number of aromatic nitrogens is 3. The second-order valence-corrected chi connectivity index (χ2v) is 5.25. The van der Waals surface area contributed by atoms with Crippen LogP contribution in [0.15, 0.2) is 28.4 Å². The molecule has 0 aromatic carbocycles. The van der Waals surface area contributed by atoms with Crippen LogP contribution in [0.3, 0.4) is 0 Å². The van der Waals surface area contributed by atoms with Crippen LogP contribution in [0.5, 0.6) is 0 Å². The zero-order chi connectivity index (χ0) is 12.4. The fourth-order valence-corrected chi connectivity index (χ4v) is 2.57. The van der Waals surface area contributed by atoms with Crippen molar-refractivity contribution in [2.45, 2.75) is 16.8 Å². The summed E-state index contributed by atoms with van der Waals surface area (Å²) in [7, 11) is 0. The Bertz CT molecular complexity index is 562. The minimum absolute atomic E-state index is 0.274. The number of hydrogen-bond acceptors (Lipinski definition) is 4. The van der Waals surface area contributed by atoms with Gasteiger partial charge in [-0.1, -0.05) is 46.6 Å². The predicted molar refractivity (Wildman–Crippen MR) is 70.2 cm³/mol. The van der Waals surface area contributed by atoms with Gasteiger partial charge < -0.3 is 0 Å². The number of hydrogen-bond donors (Lipinski definition) is 0. The first-order chi connectivity index (χ1) is 8.08. The van der Waals surface area contributed by atoms with Gasteiger partial charge >= 0.3 is 0 Å². The van der Waals surface area contributed by atoms with Gasteiger partial charge in [0.2, 0.25) is 0 Å². The van der Waals surface area contributed by atoms with Gasteiger partial charge in [0.15, 0.2) is 0 Å². The molecule has 0 bridgehead atoms. The van der Waals surface area contributed by atoms with Crippen molar-refractivity contribution in [3.05, 3.63) is 39.5 Å². The van der Waals surface area contributed by atoms with E-state index in [9.17, 15) is 0 Å². The number of nitrogens with zero attached hydrogens (tertiary/aromatic N) is 3. The number of halogens is 3. The van der Waals surface area contributed by atoms with Gasteiger partial charge in [0.25, 0.3) is 0 Å². The Morgan fingerprint density at radius 2 is 1.94 bits per heavy atom. The van der Waals surface area contributed by atoms with E-state index < -0.39 is 0 Å². The van der Waals surface area contributed by atoms with E-state index >= 15 is 0 Å². The van der Waals surface area contributed by atoms with Crippen molar-refractivity contribution in [2.24, 2.45) is 0 Å². The van der Waals surface area contributed by atoms with E-state index in [1.807, 2.05) is 6.92 Å². The fraction of sp³-hybridized carbons (Fsp3) is 0.100. The van der Waals surface area contributed by atoms with Gasteiger partial charge in [0.05, 0.1) is 16.9 Å². The van der Waals surface area contributed by atoms with E-state index in [-0.39, 0.29) is 5.15 Å². The molecule has 0 aliphatic carbocycles. The molecule has 2 heterocycles. The summed E-state index contributed by atoms with van der Waals surface area (Å²) in [6.45, 7) is 1.83. The molecule has 0 spiro atoms. The minimum Gasteiger partial charge on any atom is -0.244 e. The van der Waals surface area contributed by atoms with Crippen LogP contribution in [0.2, 0.25) is 15.3 Å². The van der Waals surface area contributed by atoms with Crippen LogP contribution in [0, 0.1) is 6.92 Å². The highest BCUT2D eigenvalue weighted by molar-refractivity contribution is 7.99. The zero-order valence-corrected chi connectivity index (χ0v) is 11.7. The molecule has 0 aliphatic heterocycles. The summed E-state index contributed by atoms with van der Waals surface area (Å²) in [5.41, 5.74) is 0.742. The van der Waals surface area contributed by atoms with Crippen LogP contribution in [0.1, 0.15) is 5.69 Å². The van der Waals surface area contributed by atoms with Crippen molar-refractivity contribution in [3.8, 4) is 0 Å². The summed E-state index contributed by atoms with van der Waals surface area (Å²) in [5.74, 6) is 0. The molecule has 3 nitrogen and oxygen atoms in total. The normalized spacial score (nSPS) is 10.6. The van der Waals surface area contributed by atoms with Crippen molar-refractivity contribution in [1.82, 2.24) is 15.0 Å². The molecular weight excluding hydrogens is 301 g/mol. The molecule has 0 aliphatic rings. The average Bonchev–Trinajstić information content (AvgIpc) is 2.28. The van der Waals surface area contributed by atoms with Gasteiger partial charge in [-0.05, 0) is 13.0 Å². The standard InChI is InChI=1S/C10H6Cl3N3S/c1-5-10(15-4-7(11)16-5)17-6-2-3-14-9(13)8(6)12/h2-4H,1H3. The van der Waals surface area contributed by atoms with Crippen LogP contribution >= 0.6 is 46.6 Å². The molecule has 88 valence electrons. The molecule has 0 radical (unpaired) electrons. The van der Waals surface area contributed by atoms with E-state index in [1.54, 1.807) is 12.3 Å². The third kappa shape index (κ3) is 3.01. The highest BCUT2D eigenvalue weighted by Crippen LogP contribution is 2.36. The quantitative estimate of drug-likeness (QED) is 0.776. The highest BCUT2D eigenvalue weighted by Gasteiger charge is 2.10. The smallest absolute Gasteiger partial charge is 0.148 e. The maximum Gasteiger partial charge on any atom is 0.148 e. The Morgan fingerprint density at radius 1 is 1.18 bits per heavy atom. The van der Waals surface area contributed by atoms with Crippen LogP contribution in [0.25, 0.3) is 0 Å². The van der Waals surface area contributed by atoms with Crippen LogP contribution in [-0.2, 0) is 0 Å². The van der Waals surface area contributed by atoms with E-state index in [4.69, 9.17) is 34.8 Å². The highest BCUT2D eigenvalue weighted by atomic mass is 35.5. The Balaban J connectivity index is 2.35. The van der Waals surface area contributed by atoms with Gasteiger partial charge in [-0.25, -0.2) is 15.0 Å². The molecule has 0 N–H and O–H groups in total. The lowest BCUT2D eigenvalue weighted by atomic mass is 10.5. The second-order valence-electron chi connectivity index (χ2n) is 3.10. The van der Waals surface area contributed by atoms with Crippen molar-refractivity contribution in [1.29, 1.82) is 0 Å². The van der Waals surface area contributed by atoms with Crippen molar-refractivity contribution >= 4 is 46.6 Å². The Labute approximate surface area is 118 Å². The third-order valence-corrected chi connectivity index (χ3v) is 4.10. The Morgan fingerprint density at radius 3 is 2.65 bits per heavy atom. The maximum absolute atomic E-state index is 6.04. The second kappa shape index (κ2) is 5.40. The van der Waals surface area contributed by atoms with E-state index in [2.05, 4.69) is 15.0 Å². The molecule has 0 unspecified atom stereocenters. The first-order valence-electron chi connectivity index (χ1n) is 4.55. The average molecular weight is 307 g/mol. The lowest BCUT2D eigenvalue weighted by molar-refractivity contribution is 0.986. The van der Waals surface area contributed by atoms with E-state index in [0.717, 1.165) is 15.6 Å². The minimum atomic E-state index is 0.274. The zero-order valence-electron chi connectivity index (χ0n) is 8.62. The van der Waals surface area contributed by atoms with Crippen molar-refractivity contribution in [3.63, 3.8) is 0 Å². The summed E-state index contributed by atoms with van der Waals surface area (Å²) < 4.78 is 0. The van der Waals surface area contributed by atoms with Gasteiger partial charge in [-0.2, -0.15) is 0 Å². The molecule has 2 rings (SSSR count). The lowest BCUT2D eigenvalue weighted by Gasteiger charge is -2.06. The molecule has 0 amide bonds. The summed E-state index contributed by atoms with van der Waals surface area (Å²) in [4.78, 5) is 13.0. The number of aryl methyl sites for hydroxylation is 1. The number of rotatable bonds is 2. The van der Waals surface area contributed by atoms with E-state index in [0.29, 0.717) is 10.2 Å². The fourth-order valence-electron chi connectivity index (χ4n) is 1.13. The molecule has 0 saturated carbocycles. The molecule has 2 aromatic heterocycles. The molecule has 7 heteroatoms. The molecule has 17 heavy (non-hydrogen) atoms. The summed E-state index contributed by atoms with van der Waals surface area (Å²) in [6.07, 6.45) is 3.09. The Hall–Kier alpha value is -0.550. The Kier molecular flexibility index (Phi) is 4.09. The molecule has 0 saturated heterocycles. The monoisotopic (exact) mass is 305 g/mol. The van der Waals surface area contributed by atoms with Crippen LogP contribution in [-0.4, -0.2) is 15.0 Å². The van der Waals surface area contributed by atoms with Crippen molar-refractivity contribution < 1.29 is 0 Å². The van der Waals surface area contributed by atoms with Crippen molar-refractivity contribution in [2.75, 3.05) is 0 Å². The summed E-state index contributed by atoms with van der Waals surface area (Å²) in [6, 6.07) is 1.77. The van der Waals surface area contributed by atoms with Gasteiger partial charge in [-0.15, -0.1) is 0 Å². The maximum atomic E-state index is 6.04. The predicted octanol–water partition coefficient (Wildman–Crippen LogP) is 4.29. The first kappa shape index (κ1) is 12.9. The van der Waals surface area contributed by atoms with Crippen LogP contribution < -0.4 is 0 Å².